The zero-order valence-electron chi connectivity index (χ0n) is 8.64. The third kappa shape index (κ3) is 3.17. The summed E-state index contributed by atoms with van der Waals surface area (Å²) < 4.78 is 7.41. The van der Waals surface area contributed by atoms with Crippen LogP contribution in [0.25, 0.3) is 0 Å². The van der Waals surface area contributed by atoms with Crippen LogP contribution in [-0.4, -0.2) is 5.91 Å². The summed E-state index contributed by atoms with van der Waals surface area (Å²) in [6, 6.07) is 6.69. The second-order valence-electron chi connectivity index (χ2n) is 3.30. The van der Waals surface area contributed by atoms with Gasteiger partial charge in [0.05, 0.1) is 5.69 Å². The molecular weight excluding hydrogens is 453 g/mol. The molecule has 0 saturated carbocycles. The second kappa shape index (κ2) is 5.77. The fourth-order valence-electron chi connectivity index (χ4n) is 1.27. The van der Waals surface area contributed by atoms with Gasteiger partial charge in [-0.2, -0.15) is 0 Å². The maximum absolute atomic E-state index is 11.9. The normalized spacial score (nSPS) is 10.4. The molecule has 0 aliphatic rings. The Kier molecular flexibility index (Phi) is 4.53. The van der Waals surface area contributed by atoms with E-state index < -0.39 is 0 Å². The maximum atomic E-state index is 11.9. The SMILES string of the molecule is O=C(Nc1c(Br)cc(Br)cc1Br)c1ccc(Cl)o1. The number of halogens is 4. The first-order valence-electron chi connectivity index (χ1n) is 4.68. The zero-order chi connectivity index (χ0) is 13.3. The van der Waals surface area contributed by atoms with Crippen LogP contribution in [0.2, 0.25) is 5.22 Å². The molecule has 0 fully saturated rings. The third-order valence-electron chi connectivity index (χ3n) is 2.04. The summed E-state index contributed by atoms with van der Waals surface area (Å²) in [5.74, 6) is -0.215. The molecule has 1 N–H and O–H groups in total. The van der Waals surface area contributed by atoms with Crippen molar-refractivity contribution in [2.45, 2.75) is 0 Å². The van der Waals surface area contributed by atoms with Crippen molar-refractivity contribution in [2.75, 3.05) is 5.32 Å². The van der Waals surface area contributed by atoms with Gasteiger partial charge in [-0.1, -0.05) is 15.9 Å². The van der Waals surface area contributed by atoms with Crippen LogP contribution in [0.1, 0.15) is 10.6 Å². The van der Waals surface area contributed by atoms with Gasteiger partial charge in [-0.25, -0.2) is 0 Å². The third-order valence-corrected chi connectivity index (χ3v) is 3.95. The van der Waals surface area contributed by atoms with Gasteiger partial charge in [0.2, 0.25) is 0 Å². The molecule has 0 bridgehead atoms. The molecule has 2 aromatic rings. The lowest BCUT2D eigenvalue weighted by molar-refractivity contribution is 0.0996. The van der Waals surface area contributed by atoms with Gasteiger partial charge in [-0.05, 0) is 67.7 Å². The Hall–Kier alpha value is -0.300. The maximum Gasteiger partial charge on any atom is 0.291 e. The Labute approximate surface area is 133 Å². The van der Waals surface area contributed by atoms with Gasteiger partial charge in [0.1, 0.15) is 0 Å². The lowest BCUT2D eigenvalue weighted by Gasteiger charge is -2.09. The highest BCUT2D eigenvalue weighted by molar-refractivity contribution is 9.11. The molecule has 3 nitrogen and oxygen atoms in total. The number of furan rings is 1. The van der Waals surface area contributed by atoms with Crippen molar-refractivity contribution in [3.63, 3.8) is 0 Å². The molecular formula is C11H5Br3ClNO2. The van der Waals surface area contributed by atoms with Gasteiger partial charge in [0.15, 0.2) is 11.0 Å². The van der Waals surface area contributed by atoms with Crippen molar-refractivity contribution in [2.24, 2.45) is 0 Å². The summed E-state index contributed by atoms with van der Waals surface area (Å²) in [6.45, 7) is 0. The molecule has 0 saturated heterocycles. The van der Waals surface area contributed by atoms with Gasteiger partial charge < -0.3 is 9.73 Å². The first kappa shape index (κ1) is 14.1. The molecule has 18 heavy (non-hydrogen) atoms. The van der Waals surface area contributed by atoms with Crippen LogP contribution in [0.4, 0.5) is 5.69 Å². The largest absolute Gasteiger partial charge is 0.440 e. The Morgan fingerprint density at radius 3 is 2.28 bits per heavy atom. The average Bonchev–Trinajstić information content (AvgIpc) is 2.70. The Morgan fingerprint density at radius 2 is 1.78 bits per heavy atom. The first-order valence-corrected chi connectivity index (χ1v) is 7.44. The molecule has 0 unspecified atom stereocenters. The molecule has 94 valence electrons. The number of anilines is 1. The summed E-state index contributed by atoms with van der Waals surface area (Å²) in [6.07, 6.45) is 0. The molecule has 1 amide bonds. The highest BCUT2D eigenvalue weighted by Crippen LogP contribution is 2.34. The van der Waals surface area contributed by atoms with Gasteiger partial charge in [-0.15, -0.1) is 0 Å². The van der Waals surface area contributed by atoms with E-state index >= 15 is 0 Å². The van der Waals surface area contributed by atoms with Gasteiger partial charge in [0, 0.05) is 13.4 Å². The van der Waals surface area contributed by atoms with Crippen LogP contribution < -0.4 is 5.32 Å². The number of hydrogen-bond donors (Lipinski definition) is 1. The number of carbonyl (C=O) groups excluding carboxylic acids is 1. The summed E-state index contributed by atoms with van der Waals surface area (Å²) in [7, 11) is 0. The van der Waals surface area contributed by atoms with Crippen molar-refractivity contribution in [1.29, 1.82) is 0 Å². The van der Waals surface area contributed by atoms with Crippen molar-refractivity contribution in [3.8, 4) is 0 Å². The van der Waals surface area contributed by atoms with Crippen LogP contribution in [-0.2, 0) is 0 Å². The fraction of sp³-hybridized carbons (Fsp3) is 0. The number of benzene rings is 1. The van der Waals surface area contributed by atoms with E-state index in [1.54, 1.807) is 0 Å². The van der Waals surface area contributed by atoms with Crippen LogP contribution in [0, 0.1) is 0 Å². The molecule has 0 spiro atoms. The molecule has 0 radical (unpaired) electrons. The quantitative estimate of drug-likeness (QED) is 0.649. The summed E-state index contributed by atoms with van der Waals surface area (Å²) >= 11 is 15.7. The standard InChI is InChI=1S/C11H5Br3ClNO2/c12-5-3-6(13)10(7(14)4-5)16-11(17)8-1-2-9(15)18-8/h1-4H,(H,16,17). The number of amides is 1. The van der Waals surface area contributed by atoms with Gasteiger partial charge >= 0.3 is 0 Å². The molecule has 2 rings (SSSR count). The number of hydrogen-bond acceptors (Lipinski definition) is 2. The van der Waals surface area contributed by atoms with Crippen molar-refractivity contribution < 1.29 is 9.21 Å². The minimum atomic E-state index is -0.370. The second-order valence-corrected chi connectivity index (χ2v) is 6.30. The fourth-order valence-corrected chi connectivity index (χ4v) is 3.88. The zero-order valence-corrected chi connectivity index (χ0v) is 14.2. The van der Waals surface area contributed by atoms with Gasteiger partial charge in [0.25, 0.3) is 5.91 Å². The van der Waals surface area contributed by atoms with Crippen molar-refractivity contribution in [1.82, 2.24) is 0 Å². The minimum Gasteiger partial charge on any atom is -0.440 e. The Balaban J connectivity index is 2.27. The molecule has 0 atom stereocenters. The van der Waals surface area contributed by atoms with E-state index in [4.69, 9.17) is 16.0 Å². The van der Waals surface area contributed by atoms with E-state index in [1.807, 2.05) is 12.1 Å². The predicted octanol–water partition coefficient (Wildman–Crippen LogP) is 5.47. The molecule has 1 aromatic carbocycles. The van der Waals surface area contributed by atoms with Crippen LogP contribution in [0.3, 0.4) is 0 Å². The summed E-state index contributed by atoms with van der Waals surface area (Å²) in [5.41, 5.74) is 0.621. The number of nitrogens with one attached hydrogen (secondary N) is 1. The van der Waals surface area contributed by atoms with Crippen LogP contribution in [0.15, 0.2) is 42.1 Å². The van der Waals surface area contributed by atoms with Crippen molar-refractivity contribution in [3.05, 3.63) is 48.7 Å². The summed E-state index contributed by atoms with van der Waals surface area (Å²) in [4.78, 5) is 11.9. The highest BCUT2D eigenvalue weighted by atomic mass is 79.9. The predicted molar refractivity (Wildman–Crippen MR) is 81.2 cm³/mol. The topological polar surface area (TPSA) is 42.2 Å². The number of carbonyl (C=O) groups is 1. The van der Waals surface area contributed by atoms with E-state index in [2.05, 4.69) is 53.1 Å². The van der Waals surface area contributed by atoms with Crippen LogP contribution >= 0.6 is 59.4 Å². The lowest BCUT2D eigenvalue weighted by atomic mass is 10.3. The highest BCUT2D eigenvalue weighted by Gasteiger charge is 2.14. The molecule has 7 heteroatoms. The molecule has 1 aromatic heterocycles. The Bertz CT molecular complexity index is 589. The van der Waals surface area contributed by atoms with Crippen LogP contribution in [0.5, 0.6) is 0 Å². The van der Waals surface area contributed by atoms with E-state index in [9.17, 15) is 4.79 Å². The summed E-state index contributed by atoms with van der Waals surface area (Å²) in [5, 5.41) is 2.90. The molecule has 0 aliphatic heterocycles. The van der Waals surface area contributed by atoms with E-state index in [0.29, 0.717) is 5.69 Å². The Morgan fingerprint density at radius 1 is 1.17 bits per heavy atom. The molecule has 1 heterocycles. The van der Waals surface area contributed by atoms with E-state index in [-0.39, 0.29) is 16.9 Å². The minimum absolute atomic E-state index is 0.154. The molecule has 0 aliphatic carbocycles. The lowest BCUT2D eigenvalue weighted by Crippen LogP contribution is -2.11. The van der Waals surface area contributed by atoms with E-state index in [0.717, 1.165) is 13.4 Å². The smallest absolute Gasteiger partial charge is 0.291 e. The monoisotopic (exact) mass is 455 g/mol. The number of rotatable bonds is 2. The van der Waals surface area contributed by atoms with Gasteiger partial charge in [-0.3, -0.25) is 4.79 Å². The van der Waals surface area contributed by atoms with Crippen molar-refractivity contribution >= 4 is 71.0 Å². The average molecular weight is 458 g/mol. The first-order chi connectivity index (χ1) is 8.47. The van der Waals surface area contributed by atoms with E-state index in [1.165, 1.54) is 12.1 Å².